The van der Waals surface area contributed by atoms with Crippen LogP contribution in [0, 0.1) is 0 Å². The Labute approximate surface area is 147 Å². The zero-order valence-corrected chi connectivity index (χ0v) is 15.0. The minimum absolute atomic E-state index is 0.330. The van der Waals surface area contributed by atoms with Crippen molar-refractivity contribution in [2.75, 3.05) is 39.3 Å². The summed E-state index contributed by atoms with van der Waals surface area (Å²) in [6.45, 7) is 7.63. The molecule has 2 N–H and O–H groups in total. The maximum Gasteiger partial charge on any atom is 0.123 e. The minimum atomic E-state index is 0.330. The molecular formula is C20H33N3O. The first-order chi connectivity index (χ1) is 11.8. The summed E-state index contributed by atoms with van der Waals surface area (Å²) in [5.41, 5.74) is 7.40. The van der Waals surface area contributed by atoms with Crippen LogP contribution in [0.1, 0.15) is 44.1 Å². The first-order valence-corrected chi connectivity index (χ1v) is 9.72. The van der Waals surface area contributed by atoms with E-state index in [1.807, 2.05) is 0 Å². The highest BCUT2D eigenvalue weighted by atomic mass is 16.5. The Balaban J connectivity index is 1.45. The number of benzene rings is 1. The predicted octanol–water partition coefficient (Wildman–Crippen LogP) is 2.86. The standard InChI is InChI=1S/C20H33N3O/c21-19-9-6-13-23(17-19)16-18-8-2-3-10-20(18)24-15-7-14-22-11-4-1-5-12-22/h2-3,8,10,19H,1,4-7,9,11-17,21H2/t19-/m0/s1. The summed E-state index contributed by atoms with van der Waals surface area (Å²) in [5.74, 6) is 1.05. The number of ether oxygens (including phenoxy) is 1. The average molecular weight is 332 g/mol. The van der Waals surface area contributed by atoms with E-state index in [-0.39, 0.29) is 0 Å². The number of para-hydroxylation sites is 1. The summed E-state index contributed by atoms with van der Waals surface area (Å²) in [4.78, 5) is 5.04. The summed E-state index contributed by atoms with van der Waals surface area (Å²) < 4.78 is 6.11. The van der Waals surface area contributed by atoms with Crippen LogP contribution in [0.25, 0.3) is 0 Å². The summed E-state index contributed by atoms with van der Waals surface area (Å²) >= 11 is 0. The quantitative estimate of drug-likeness (QED) is 0.780. The Morgan fingerprint density at radius 2 is 1.79 bits per heavy atom. The molecule has 0 spiro atoms. The van der Waals surface area contributed by atoms with Crippen LogP contribution >= 0.6 is 0 Å². The van der Waals surface area contributed by atoms with Gasteiger partial charge in [-0.1, -0.05) is 24.6 Å². The maximum atomic E-state index is 6.11. The summed E-state index contributed by atoms with van der Waals surface area (Å²) in [6.07, 6.45) is 7.61. The summed E-state index contributed by atoms with van der Waals surface area (Å²) in [5, 5.41) is 0. The topological polar surface area (TPSA) is 41.7 Å². The van der Waals surface area contributed by atoms with Gasteiger partial charge in [-0.25, -0.2) is 0 Å². The lowest BCUT2D eigenvalue weighted by Crippen LogP contribution is -2.42. The number of piperidine rings is 2. The van der Waals surface area contributed by atoms with Crippen LogP contribution in [0.5, 0.6) is 5.75 Å². The van der Waals surface area contributed by atoms with Crippen molar-refractivity contribution in [3.63, 3.8) is 0 Å². The molecule has 4 nitrogen and oxygen atoms in total. The molecule has 2 aliphatic heterocycles. The molecule has 3 rings (SSSR count). The van der Waals surface area contributed by atoms with Crippen LogP contribution in [0.2, 0.25) is 0 Å². The lowest BCUT2D eigenvalue weighted by Gasteiger charge is -2.31. The van der Waals surface area contributed by atoms with Crippen molar-refractivity contribution in [2.24, 2.45) is 5.73 Å². The van der Waals surface area contributed by atoms with Crippen molar-refractivity contribution in [1.29, 1.82) is 0 Å². The van der Waals surface area contributed by atoms with Gasteiger partial charge in [-0.05, 0) is 57.8 Å². The summed E-state index contributed by atoms with van der Waals surface area (Å²) in [6, 6.07) is 8.82. The Morgan fingerprint density at radius 1 is 1.00 bits per heavy atom. The van der Waals surface area contributed by atoms with Gasteiger partial charge in [0.05, 0.1) is 6.61 Å². The van der Waals surface area contributed by atoms with Gasteiger partial charge in [-0.3, -0.25) is 4.90 Å². The third-order valence-corrected chi connectivity index (χ3v) is 5.23. The van der Waals surface area contributed by atoms with Crippen LogP contribution in [-0.4, -0.2) is 55.2 Å². The molecule has 0 aliphatic carbocycles. The summed E-state index contributed by atoms with van der Waals surface area (Å²) in [7, 11) is 0. The molecule has 0 amide bonds. The van der Waals surface area contributed by atoms with Crippen molar-refractivity contribution in [3.8, 4) is 5.75 Å². The molecule has 134 valence electrons. The van der Waals surface area contributed by atoms with Gasteiger partial charge in [0.1, 0.15) is 5.75 Å². The van der Waals surface area contributed by atoms with E-state index in [0.717, 1.165) is 44.8 Å². The number of nitrogens with zero attached hydrogens (tertiary/aromatic N) is 2. The fourth-order valence-electron chi connectivity index (χ4n) is 3.90. The molecule has 2 saturated heterocycles. The maximum absolute atomic E-state index is 6.11. The van der Waals surface area contributed by atoms with Crippen LogP contribution < -0.4 is 10.5 Å². The molecule has 0 unspecified atom stereocenters. The molecule has 2 aliphatic rings. The van der Waals surface area contributed by atoms with E-state index in [2.05, 4.69) is 34.1 Å². The average Bonchev–Trinajstić information content (AvgIpc) is 2.61. The normalized spacial score (nSPS) is 23.3. The van der Waals surface area contributed by atoms with Crippen LogP contribution in [-0.2, 0) is 6.54 Å². The van der Waals surface area contributed by atoms with Gasteiger partial charge in [-0.15, -0.1) is 0 Å². The van der Waals surface area contributed by atoms with Crippen LogP contribution in [0.4, 0.5) is 0 Å². The molecular weight excluding hydrogens is 298 g/mol. The van der Waals surface area contributed by atoms with Crippen molar-refractivity contribution < 1.29 is 4.74 Å². The molecule has 4 heteroatoms. The zero-order valence-electron chi connectivity index (χ0n) is 15.0. The number of nitrogens with two attached hydrogens (primary N) is 1. The Morgan fingerprint density at radius 3 is 2.62 bits per heavy atom. The van der Waals surface area contributed by atoms with E-state index >= 15 is 0 Å². The van der Waals surface area contributed by atoms with E-state index < -0.39 is 0 Å². The Hall–Kier alpha value is -1.10. The van der Waals surface area contributed by atoms with Gasteiger partial charge >= 0.3 is 0 Å². The second kappa shape index (κ2) is 9.40. The van der Waals surface area contributed by atoms with Gasteiger partial charge in [0.25, 0.3) is 0 Å². The fraction of sp³-hybridized carbons (Fsp3) is 0.700. The van der Waals surface area contributed by atoms with Crippen molar-refractivity contribution >= 4 is 0 Å². The lowest BCUT2D eigenvalue weighted by molar-refractivity contribution is 0.192. The van der Waals surface area contributed by atoms with Gasteiger partial charge in [0.2, 0.25) is 0 Å². The third-order valence-electron chi connectivity index (χ3n) is 5.23. The minimum Gasteiger partial charge on any atom is -0.493 e. The number of hydrogen-bond acceptors (Lipinski definition) is 4. The highest BCUT2D eigenvalue weighted by Gasteiger charge is 2.18. The van der Waals surface area contributed by atoms with Gasteiger partial charge in [0, 0.05) is 31.2 Å². The zero-order chi connectivity index (χ0) is 16.6. The van der Waals surface area contributed by atoms with E-state index in [1.165, 1.54) is 50.9 Å². The number of hydrogen-bond donors (Lipinski definition) is 1. The highest BCUT2D eigenvalue weighted by molar-refractivity contribution is 5.33. The van der Waals surface area contributed by atoms with E-state index in [9.17, 15) is 0 Å². The van der Waals surface area contributed by atoms with Gasteiger partial charge in [0.15, 0.2) is 0 Å². The Kier molecular flexibility index (Phi) is 6.94. The van der Waals surface area contributed by atoms with Crippen molar-refractivity contribution in [1.82, 2.24) is 9.80 Å². The van der Waals surface area contributed by atoms with Crippen LogP contribution in [0.15, 0.2) is 24.3 Å². The smallest absolute Gasteiger partial charge is 0.123 e. The van der Waals surface area contributed by atoms with Gasteiger partial charge in [-0.2, -0.15) is 0 Å². The first-order valence-electron chi connectivity index (χ1n) is 9.72. The molecule has 0 bridgehead atoms. The monoisotopic (exact) mass is 331 g/mol. The molecule has 24 heavy (non-hydrogen) atoms. The van der Waals surface area contributed by atoms with E-state index in [4.69, 9.17) is 10.5 Å². The molecule has 2 heterocycles. The van der Waals surface area contributed by atoms with Gasteiger partial charge < -0.3 is 15.4 Å². The second-order valence-corrected chi connectivity index (χ2v) is 7.35. The second-order valence-electron chi connectivity index (χ2n) is 7.35. The molecule has 1 aromatic rings. The number of likely N-dealkylation sites (tertiary alicyclic amines) is 2. The largest absolute Gasteiger partial charge is 0.493 e. The fourth-order valence-corrected chi connectivity index (χ4v) is 3.90. The molecule has 0 saturated carbocycles. The Bertz CT molecular complexity index is 488. The van der Waals surface area contributed by atoms with Crippen molar-refractivity contribution in [2.45, 2.75) is 51.1 Å². The SMILES string of the molecule is N[C@H]1CCCN(Cc2ccccc2OCCCN2CCCCC2)C1. The molecule has 0 aromatic heterocycles. The van der Waals surface area contributed by atoms with E-state index in [0.29, 0.717) is 6.04 Å². The molecule has 1 aromatic carbocycles. The first kappa shape index (κ1) is 17.7. The lowest BCUT2D eigenvalue weighted by atomic mass is 10.1. The molecule has 0 radical (unpaired) electrons. The molecule has 1 atom stereocenters. The van der Waals surface area contributed by atoms with Crippen LogP contribution in [0.3, 0.4) is 0 Å². The predicted molar refractivity (Wildman–Crippen MR) is 99.3 cm³/mol. The third kappa shape index (κ3) is 5.47. The molecule has 2 fully saturated rings. The van der Waals surface area contributed by atoms with Crippen molar-refractivity contribution in [3.05, 3.63) is 29.8 Å². The highest BCUT2D eigenvalue weighted by Crippen LogP contribution is 2.22. The number of rotatable bonds is 7. The van der Waals surface area contributed by atoms with E-state index in [1.54, 1.807) is 0 Å².